The quantitative estimate of drug-likeness (QED) is 0.155. The molecule has 0 spiro atoms. The fourth-order valence-electron chi connectivity index (χ4n) is 13.0. The van der Waals surface area contributed by atoms with E-state index in [1.54, 1.807) is 0 Å². The molecule has 0 saturated heterocycles. The lowest BCUT2D eigenvalue weighted by atomic mass is 9.96. The zero-order valence-electron chi connectivity index (χ0n) is 43.6. The lowest BCUT2D eigenvalue weighted by Gasteiger charge is -2.15. The summed E-state index contributed by atoms with van der Waals surface area (Å²) < 4.78 is 18.2. The van der Waals surface area contributed by atoms with Crippen LogP contribution in [0.15, 0.2) is 246 Å². The third-order valence-electron chi connectivity index (χ3n) is 16.6. The standard InChI is InChI=1S/C73H45N5O2/c1-42-14-12-34-74-68(42)47-36-48(69-43(2)15-13-35-75-69)39-50(38-47)78-63-32-27-44(40-60(63)57-29-30-58-54-20-6-9-24-64(54)80-73(58)72(57)78)45-26-28-52-51-18-3-4-21-55(51)70(76-61(52)41-45)46-16-11-17-49(37-46)77-62-23-8-5-19-53(62)56-31-33-66-67(71(56)77)59-22-7-10-25-65(59)79-66/h3-41H,1-2H3. The maximum atomic E-state index is 6.91. The van der Waals surface area contributed by atoms with E-state index >= 15 is 0 Å². The van der Waals surface area contributed by atoms with Crippen LogP contribution in [0, 0.1) is 13.8 Å². The fraction of sp³-hybridized carbons (Fsp3) is 0.0274. The summed E-state index contributed by atoms with van der Waals surface area (Å²) in [6, 6.07) is 80.3. The van der Waals surface area contributed by atoms with Crippen LogP contribution < -0.4 is 0 Å². The average molecular weight is 1020 g/mol. The molecular formula is C73H45N5O2. The number of rotatable bonds is 6. The van der Waals surface area contributed by atoms with Crippen LogP contribution in [0.2, 0.25) is 0 Å². The number of para-hydroxylation sites is 3. The number of hydrogen-bond acceptors (Lipinski definition) is 5. The molecule has 0 bridgehead atoms. The van der Waals surface area contributed by atoms with Gasteiger partial charge < -0.3 is 18.0 Å². The minimum atomic E-state index is 0.844. The van der Waals surface area contributed by atoms with Crippen molar-refractivity contribution in [1.82, 2.24) is 24.1 Å². The molecule has 0 unspecified atom stereocenters. The first-order chi connectivity index (χ1) is 39.5. The lowest BCUT2D eigenvalue weighted by molar-refractivity contribution is 0.669. The van der Waals surface area contributed by atoms with E-state index in [0.29, 0.717) is 0 Å². The average Bonchev–Trinajstić information content (AvgIpc) is 4.45. The number of benzene rings is 10. The minimum Gasteiger partial charge on any atom is -0.456 e. The van der Waals surface area contributed by atoms with Crippen molar-refractivity contribution < 1.29 is 8.83 Å². The Bertz CT molecular complexity index is 5420. The van der Waals surface area contributed by atoms with Gasteiger partial charge in [-0.1, -0.05) is 127 Å². The van der Waals surface area contributed by atoms with Crippen LogP contribution in [0.4, 0.5) is 0 Å². The molecule has 7 nitrogen and oxygen atoms in total. The molecule has 0 aliphatic heterocycles. The highest BCUT2D eigenvalue weighted by atomic mass is 16.3. The maximum Gasteiger partial charge on any atom is 0.160 e. The second-order valence-electron chi connectivity index (χ2n) is 21.2. The highest BCUT2D eigenvalue weighted by molar-refractivity contribution is 6.25. The molecule has 17 aromatic rings. The van der Waals surface area contributed by atoms with E-state index in [2.05, 4.69) is 223 Å². The van der Waals surface area contributed by atoms with Crippen molar-refractivity contribution in [3.8, 4) is 56.3 Å². The van der Waals surface area contributed by atoms with E-state index < -0.39 is 0 Å². The van der Waals surface area contributed by atoms with Gasteiger partial charge in [0.25, 0.3) is 0 Å². The van der Waals surface area contributed by atoms with Gasteiger partial charge in [-0.3, -0.25) is 9.97 Å². The molecule has 0 radical (unpaired) electrons. The molecule has 0 aliphatic carbocycles. The highest BCUT2D eigenvalue weighted by Crippen LogP contribution is 2.45. The molecule has 0 aliphatic rings. The van der Waals surface area contributed by atoms with Gasteiger partial charge in [0, 0.05) is 88.9 Å². The summed E-state index contributed by atoms with van der Waals surface area (Å²) in [5.41, 5.74) is 21.0. The van der Waals surface area contributed by atoms with Gasteiger partial charge in [-0.2, -0.15) is 0 Å². The first kappa shape index (κ1) is 44.5. The monoisotopic (exact) mass is 1020 g/mol. The SMILES string of the molecule is Cc1cccnc1-c1cc(-c2ncccc2C)cc(-n2c3ccc(-c4ccc5c(c4)nc(-c4cccc(-n6c7ccccc7c7ccc8oc9ccccc9c8c76)c4)c4ccccc45)cc3c3ccc4c5ccccc5oc4c32)c1. The number of hydrogen-bond donors (Lipinski definition) is 0. The summed E-state index contributed by atoms with van der Waals surface area (Å²) >= 11 is 0. The summed E-state index contributed by atoms with van der Waals surface area (Å²) in [5, 5.41) is 12.3. The van der Waals surface area contributed by atoms with Crippen molar-refractivity contribution in [1.29, 1.82) is 0 Å². The lowest BCUT2D eigenvalue weighted by Crippen LogP contribution is -1.98. The molecule has 7 aromatic heterocycles. The van der Waals surface area contributed by atoms with Gasteiger partial charge in [0.1, 0.15) is 16.7 Å². The molecular weight excluding hydrogens is 979 g/mol. The first-order valence-electron chi connectivity index (χ1n) is 27.1. The Morgan fingerprint density at radius 3 is 1.71 bits per heavy atom. The van der Waals surface area contributed by atoms with Crippen LogP contribution in [0.5, 0.6) is 0 Å². The zero-order chi connectivity index (χ0) is 52.7. The summed E-state index contributed by atoms with van der Waals surface area (Å²) in [6.07, 6.45) is 3.75. The molecule has 7 heterocycles. The minimum absolute atomic E-state index is 0.844. The maximum absolute atomic E-state index is 6.91. The molecule has 0 atom stereocenters. The van der Waals surface area contributed by atoms with Crippen molar-refractivity contribution in [2.24, 2.45) is 0 Å². The number of aromatic nitrogens is 5. The van der Waals surface area contributed by atoms with Gasteiger partial charge in [0.05, 0.1) is 50.1 Å². The highest BCUT2D eigenvalue weighted by Gasteiger charge is 2.24. The summed E-state index contributed by atoms with van der Waals surface area (Å²) in [7, 11) is 0. The Kier molecular flexibility index (Phi) is 9.42. The van der Waals surface area contributed by atoms with Gasteiger partial charge >= 0.3 is 0 Å². The molecule has 7 heteroatoms. The van der Waals surface area contributed by atoms with Gasteiger partial charge in [-0.15, -0.1) is 0 Å². The third-order valence-corrected chi connectivity index (χ3v) is 16.6. The Labute approximate surface area is 457 Å². The third kappa shape index (κ3) is 6.52. The number of nitrogens with zero attached hydrogens (tertiary/aromatic N) is 5. The van der Waals surface area contributed by atoms with Crippen LogP contribution in [0.25, 0.3) is 165 Å². The second-order valence-corrected chi connectivity index (χ2v) is 21.2. The van der Waals surface area contributed by atoms with E-state index in [1.165, 1.54) is 10.8 Å². The van der Waals surface area contributed by atoms with Crippen LogP contribution in [0.1, 0.15) is 11.1 Å². The largest absolute Gasteiger partial charge is 0.456 e. The van der Waals surface area contributed by atoms with Gasteiger partial charge in [0.15, 0.2) is 5.58 Å². The smallest absolute Gasteiger partial charge is 0.160 e. The van der Waals surface area contributed by atoms with Gasteiger partial charge in [0.2, 0.25) is 0 Å². The molecule has 0 saturated carbocycles. The number of aryl methyl sites for hydroxylation is 2. The Balaban J connectivity index is 0.861. The molecule has 80 heavy (non-hydrogen) atoms. The van der Waals surface area contributed by atoms with E-state index in [-0.39, 0.29) is 0 Å². The molecule has 374 valence electrons. The molecule has 10 aromatic carbocycles. The summed E-state index contributed by atoms with van der Waals surface area (Å²) in [6.45, 7) is 4.25. The van der Waals surface area contributed by atoms with E-state index in [0.717, 1.165) is 166 Å². The normalized spacial score (nSPS) is 12.1. The zero-order valence-corrected chi connectivity index (χ0v) is 43.6. The fourth-order valence-corrected chi connectivity index (χ4v) is 13.0. The molecule has 17 rings (SSSR count). The number of fused-ring (bicyclic) bond motifs is 17. The summed E-state index contributed by atoms with van der Waals surface area (Å²) in [4.78, 5) is 15.5. The van der Waals surface area contributed by atoms with Crippen molar-refractivity contribution in [3.63, 3.8) is 0 Å². The van der Waals surface area contributed by atoms with Crippen molar-refractivity contribution in [2.75, 3.05) is 0 Å². The molecule has 0 fully saturated rings. The van der Waals surface area contributed by atoms with Crippen LogP contribution in [0.3, 0.4) is 0 Å². The van der Waals surface area contributed by atoms with E-state index in [1.807, 2.05) is 36.7 Å². The first-order valence-corrected chi connectivity index (χ1v) is 27.1. The van der Waals surface area contributed by atoms with E-state index in [9.17, 15) is 0 Å². The molecule has 0 amide bonds. The topological polar surface area (TPSA) is 74.8 Å². The van der Waals surface area contributed by atoms with Crippen LogP contribution in [-0.2, 0) is 0 Å². The van der Waals surface area contributed by atoms with E-state index in [4.69, 9.17) is 23.8 Å². The number of furan rings is 2. The van der Waals surface area contributed by atoms with Crippen molar-refractivity contribution in [2.45, 2.75) is 13.8 Å². The predicted molar refractivity (Wildman–Crippen MR) is 329 cm³/mol. The molecule has 0 N–H and O–H groups in total. The van der Waals surface area contributed by atoms with Crippen LogP contribution in [-0.4, -0.2) is 24.1 Å². The van der Waals surface area contributed by atoms with Crippen LogP contribution >= 0.6 is 0 Å². The van der Waals surface area contributed by atoms with Gasteiger partial charge in [-0.25, -0.2) is 4.98 Å². The second kappa shape index (κ2) is 16.9. The summed E-state index contributed by atoms with van der Waals surface area (Å²) in [5.74, 6) is 0. The van der Waals surface area contributed by atoms with Crippen molar-refractivity contribution in [3.05, 3.63) is 248 Å². The van der Waals surface area contributed by atoms with Crippen molar-refractivity contribution >= 4 is 109 Å². The predicted octanol–water partition coefficient (Wildman–Crippen LogP) is 19.5. The number of pyridine rings is 3. The Morgan fingerprint density at radius 2 is 0.925 bits per heavy atom. The Morgan fingerprint density at radius 1 is 0.325 bits per heavy atom. The Hall–Kier alpha value is -10.6. The van der Waals surface area contributed by atoms with Gasteiger partial charge in [-0.05, 0) is 139 Å².